The molecule has 2 fully saturated rings. The first-order valence-electron chi connectivity index (χ1n) is 11.0. The molecule has 0 radical (unpaired) electrons. The number of rotatable bonds is 7. The highest BCUT2D eigenvalue weighted by Gasteiger charge is 2.26. The van der Waals surface area contributed by atoms with Crippen LogP contribution in [0.1, 0.15) is 23.2 Å². The molecule has 2 amide bonds. The van der Waals surface area contributed by atoms with Gasteiger partial charge in [-0.05, 0) is 37.1 Å². The number of anilines is 1. The van der Waals surface area contributed by atoms with Crippen LogP contribution in [-0.2, 0) is 9.53 Å². The molecule has 2 aliphatic rings. The van der Waals surface area contributed by atoms with Gasteiger partial charge in [0.1, 0.15) is 11.6 Å². The van der Waals surface area contributed by atoms with Crippen LogP contribution in [0.25, 0.3) is 0 Å². The standard InChI is InChI=1S/C24H28FN3O4/c25-20-8-2-3-9-21(20)26-23(29)17-32-22-10-4-1-7-19(22)24(30)28-13-11-27(12-14-28)16-18-6-5-15-31-18/h1-4,7-10,18H,5-6,11-17H2,(H,26,29). The third-order valence-electron chi connectivity index (χ3n) is 5.77. The quantitative estimate of drug-likeness (QED) is 0.716. The van der Waals surface area contributed by atoms with E-state index in [1.807, 2.05) is 4.90 Å². The van der Waals surface area contributed by atoms with Crippen molar-refractivity contribution in [2.75, 3.05) is 51.3 Å². The fraction of sp³-hybridized carbons (Fsp3) is 0.417. The lowest BCUT2D eigenvalue weighted by molar-refractivity contribution is -0.118. The zero-order valence-corrected chi connectivity index (χ0v) is 18.0. The Morgan fingerprint density at radius 3 is 2.56 bits per heavy atom. The van der Waals surface area contributed by atoms with Gasteiger partial charge < -0.3 is 19.7 Å². The maximum atomic E-state index is 13.7. The van der Waals surface area contributed by atoms with Crippen LogP contribution in [0.2, 0.25) is 0 Å². The molecule has 1 atom stereocenters. The highest BCUT2D eigenvalue weighted by atomic mass is 19.1. The summed E-state index contributed by atoms with van der Waals surface area (Å²) in [6, 6.07) is 12.8. The fourth-order valence-corrected chi connectivity index (χ4v) is 4.04. The van der Waals surface area contributed by atoms with Gasteiger partial charge in [-0.15, -0.1) is 0 Å². The van der Waals surface area contributed by atoms with Gasteiger partial charge in [0.15, 0.2) is 6.61 Å². The maximum absolute atomic E-state index is 13.7. The van der Waals surface area contributed by atoms with E-state index >= 15 is 0 Å². The number of ether oxygens (including phenoxy) is 2. The first-order valence-corrected chi connectivity index (χ1v) is 11.0. The van der Waals surface area contributed by atoms with Crippen LogP contribution < -0.4 is 10.1 Å². The highest BCUT2D eigenvalue weighted by Crippen LogP contribution is 2.22. The molecule has 1 unspecified atom stereocenters. The van der Waals surface area contributed by atoms with Crippen molar-refractivity contribution in [2.24, 2.45) is 0 Å². The number of nitrogens with zero attached hydrogens (tertiary/aromatic N) is 2. The van der Waals surface area contributed by atoms with Crippen LogP contribution in [0.4, 0.5) is 10.1 Å². The van der Waals surface area contributed by atoms with E-state index < -0.39 is 11.7 Å². The topological polar surface area (TPSA) is 71.1 Å². The Hall–Kier alpha value is -2.97. The summed E-state index contributed by atoms with van der Waals surface area (Å²) in [4.78, 5) is 29.4. The highest BCUT2D eigenvalue weighted by molar-refractivity contribution is 5.97. The Kier molecular flexibility index (Phi) is 7.34. The zero-order chi connectivity index (χ0) is 22.3. The Morgan fingerprint density at radius 1 is 1.06 bits per heavy atom. The van der Waals surface area contributed by atoms with Gasteiger partial charge in [-0.25, -0.2) is 4.39 Å². The first kappa shape index (κ1) is 22.2. The van der Waals surface area contributed by atoms with Crippen LogP contribution in [0.3, 0.4) is 0 Å². The molecule has 0 aromatic heterocycles. The fourth-order valence-electron chi connectivity index (χ4n) is 4.04. The number of halogens is 1. The minimum Gasteiger partial charge on any atom is -0.483 e. The molecule has 2 aromatic rings. The molecular formula is C24H28FN3O4. The van der Waals surface area contributed by atoms with Gasteiger partial charge in [0.25, 0.3) is 11.8 Å². The summed E-state index contributed by atoms with van der Waals surface area (Å²) in [6.07, 6.45) is 2.54. The second kappa shape index (κ2) is 10.6. The minimum absolute atomic E-state index is 0.0892. The zero-order valence-electron chi connectivity index (χ0n) is 18.0. The molecule has 32 heavy (non-hydrogen) atoms. The largest absolute Gasteiger partial charge is 0.483 e. The van der Waals surface area contributed by atoms with E-state index in [0.717, 1.165) is 39.1 Å². The SMILES string of the molecule is O=C(COc1ccccc1C(=O)N1CCN(CC2CCCO2)CC1)Nc1ccccc1F. The minimum atomic E-state index is -0.518. The molecule has 8 heteroatoms. The smallest absolute Gasteiger partial charge is 0.262 e. The van der Waals surface area contributed by atoms with E-state index in [9.17, 15) is 14.0 Å². The van der Waals surface area contributed by atoms with Crippen LogP contribution in [0.15, 0.2) is 48.5 Å². The van der Waals surface area contributed by atoms with E-state index in [1.54, 1.807) is 36.4 Å². The summed E-state index contributed by atoms with van der Waals surface area (Å²) in [7, 11) is 0. The van der Waals surface area contributed by atoms with Gasteiger partial charge in [-0.3, -0.25) is 14.5 Å². The molecule has 2 aliphatic heterocycles. The number of carbonyl (C=O) groups is 2. The number of hydrogen-bond acceptors (Lipinski definition) is 5. The van der Waals surface area contributed by atoms with Crippen LogP contribution >= 0.6 is 0 Å². The average molecular weight is 442 g/mol. The molecule has 2 saturated heterocycles. The number of benzene rings is 2. The van der Waals surface area contributed by atoms with Crippen molar-refractivity contribution in [1.29, 1.82) is 0 Å². The van der Waals surface area contributed by atoms with Crippen molar-refractivity contribution >= 4 is 17.5 Å². The van der Waals surface area contributed by atoms with E-state index in [1.165, 1.54) is 12.1 Å². The maximum Gasteiger partial charge on any atom is 0.262 e. The summed E-state index contributed by atoms with van der Waals surface area (Å²) in [6.45, 7) is 4.31. The van der Waals surface area contributed by atoms with Gasteiger partial charge in [-0.1, -0.05) is 24.3 Å². The molecule has 0 bridgehead atoms. The lowest BCUT2D eigenvalue weighted by atomic mass is 10.1. The first-order chi connectivity index (χ1) is 15.6. The number of amides is 2. The second-order valence-electron chi connectivity index (χ2n) is 8.04. The molecule has 7 nitrogen and oxygen atoms in total. The third-order valence-corrected chi connectivity index (χ3v) is 5.77. The Morgan fingerprint density at radius 2 is 1.81 bits per heavy atom. The van der Waals surface area contributed by atoms with Crippen molar-refractivity contribution in [3.05, 3.63) is 59.9 Å². The number of hydrogen-bond donors (Lipinski definition) is 1. The number of carbonyl (C=O) groups excluding carboxylic acids is 2. The molecule has 1 N–H and O–H groups in total. The lowest BCUT2D eigenvalue weighted by Crippen LogP contribution is -2.50. The predicted molar refractivity (Wildman–Crippen MR) is 118 cm³/mol. The predicted octanol–water partition coefficient (Wildman–Crippen LogP) is 2.78. The van der Waals surface area contributed by atoms with Gasteiger partial charge in [0.2, 0.25) is 0 Å². The summed E-state index contributed by atoms with van der Waals surface area (Å²) in [5.41, 5.74) is 0.505. The molecule has 0 spiro atoms. The molecule has 0 aliphatic carbocycles. The van der Waals surface area contributed by atoms with Crippen molar-refractivity contribution in [1.82, 2.24) is 9.80 Å². The summed E-state index contributed by atoms with van der Waals surface area (Å²) < 4.78 is 25.1. The monoisotopic (exact) mass is 441 g/mol. The molecule has 170 valence electrons. The van der Waals surface area contributed by atoms with Crippen molar-refractivity contribution in [3.8, 4) is 5.75 Å². The molecular weight excluding hydrogens is 413 g/mol. The Labute approximate surface area is 187 Å². The average Bonchev–Trinajstić information content (AvgIpc) is 3.32. The van der Waals surface area contributed by atoms with Gasteiger partial charge >= 0.3 is 0 Å². The van der Waals surface area contributed by atoms with E-state index in [0.29, 0.717) is 30.5 Å². The summed E-state index contributed by atoms with van der Waals surface area (Å²) in [5.74, 6) is -0.801. The number of para-hydroxylation sites is 2. The molecule has 0 saturated carbocycles. The van der Waals surface area contributed by atoms with Crippen LogP contribution in [0, 0.1) is 5.82 Å². The van der Waals surface area contributed by atoms with E-state index in [2.05, 4.69) is 10.2 Å². The number of nitrogens with one attached hydrogen (secondary N) is 1. The van der Waals surface area contributed by atoms with Crippen molar-refractivity contribution in [3.63, 3.8) is 0 Å². The summed E-state index contributed by atoms with van der Waals surface area (Å²) in [5, 5.41) is 2.48. The summed E-state index contributed by atoms with van der Waals surface area (Å²) >= 11 is 0. The van der Waals surface area contributed by atoms with E-state index in [-0.39, 0.29) is 18.2 Å². The number of piperazine rings is 1. The van der Waals surface area contributed by atoms with Crippen molar-refractivity contribution in [2.45, 2.75) is 18.9 Å². The van der Waals surface area contributed by atoms with E-state index in [4.69, 9.17) is 9.47 Å². The van der Waals surface area contributed by atoms with Gasteiger partial charge in [-0.2, -0.15) is 0 Å². The van der Waals surface area contributed by atoms with Crippen LogP contribution in [0.5, 0.6) is 5.75 Å². The third kappa shape index (κ3) is 5.63. The van der Waals surface area contributed by atoms with Crippen LogP contribution in [-0.4, -0.2) is 73.7 Å². The Bertz CT molecular complexity index is 940. The van der Waals surface area contributed by atoms with Gasteiger partial charge in [0.05, 0.1) is 17.4 Å². The Balaban J connectivity index is 1.31. The molecule has 4 rings (SSSR count). The molecule has 2 heterocycles. The second-order valence-corrected chi connectivity index (χ2v) is 8.04. The molecule has 2 aromatic carbocycles. The van der Waals surface area contributed by atoms with Crippen molar-refractivity contribution < 1.29 is 23.5 Å². The lowest BCUT2D eigenvalue weighted by Gasteiger charge is -2.35. The normalized spacial score (nSPS) is 19.0. The van der Waals surface area contributed by atoms with Gasteiger partial charge in [0, 0.05) is 39.3 Å².